The fraction of sp³-hybridized carbons (Fsp3) is 0.500. The Balaban J connectivity index is 0.00000400. The number of nitrogens with one attached hydrogen (secondary N) is 1. The van der Waals surface area contributed by atoms with Crippen LogP contribution >= 0.6 is 28.3 Å². The number of hydrogen-bond acceptors (Lipinski definition) is 3. The molecule has 3 N–H and O–H groups in total. The van der Waals surface area contributed by atoms with Gasteiger partial charge in [0.25, 0.3) is 0 Å². The van der Waals surface area contributed by atoms with Gasteiger partial charge < -0.3 is 5.73 Å². The lowest BCUT2D eigenvalue weighted by molar-refractivity contribution is 0.462. The van der Waals surface area contributed by atoms with Gasteiger partial charge in [-0.2, -0.15) is 0 Å². The quantitative estimate of drug-likeness (QED) is 0.712. The lowest BCUT2D eigenvalue weighted by atomic mass is 10.1. The number of sulfonamides is 1. The molecule has 122 valence electrons. The van der Waals surface area contributed by atoms with Gasteiger partial charge in [-0.05, 0) is 40.4 Å². The van der Waals surface area contributed by atoms with Crippen molar-refractivity contribution in [3.05, 3.63) is 28.2 Å². The molecule has 0 aliphatic carbocycles. The summed E-state index contributed by atoms with van der Waals surface area (Å²) in [6.45, 7) is 3.91. The van der Waals surface area contributed by atoms with Crippen molar-refractivity contribution in [1.82, 2.24) is 4.72 Å². The minimum absolute atomic E-state index is 0. The number of nitrogens with two attached hydrogens (primary N) is 1. The Morgan fingerprint density at radius 3 is 2.33 bits per heavy atom. The lowest BCUT2D eigenvalue weighted by Gasteiger charge is -2.19. The van der Waals surface area contributed by atoms with Crippen molar-refractivity contribution in [3.63, 3.8) is 0 Å². The molecular weight excluding hydrogens is 390 g/mol. The van der Waals surface area contributed by atoms with Gasteiger partial charge >= 0.3 is 0 Å². The van der Waals surface area contributed by atoms with E-state index >= 15 is 0 Å². The van der Waals surface area contributed by atoms with Crippen LogP contribution in [-0.2, 0) is 10.0 Å². The maximum Gasteiger partial charge on any atom is 0.243 e. The van der Waals surface area contributed by atoms with E-state index in [4.69, 9.17) is 5.73 Å². The van der Waals surface area contributed by atoms with Crippen molar-refractivity contribution < 1.29 is 17.2 Å². The summed E-state index contributed by atoms with van der Waals surface area (Å²) in [5.41, 5.74) is 5.50. The highest BCUT2D eigenvalue weighted by molar-refractivity contribution is 9.10. The van der Waals surface area contributed by atoms with E-state index in [1.807, 2.05) is 13.8 Å². The first-order valence-corrected chi connectivity index (χ1v) is 8.32. The minimum atomic E-state index is -4.15. The van der Waals surface area contributed by atoms with E-state index in [0.717, 1.165) is 6.07 Å². The third kappa shape index (κ3) is 5.78. The predicted octanol–water partition coefficient (Wildman–Crippen LogP) is 2.80. The standard InChI is InChI=1S/C12H17BrF2N2O2S.ClH/c1-7(2)3-8(6-16)17-20(18,19)12-5-10(14)9(13)4-11(12)15;/h4-5,7-8,17H,3,6,16H2,1-2H3;1H. The molecule has 9 heteroatoms. The molecule has 1 rings (SSSR count). The van der Waals surface area contributed by atoms with Crippen molar-refractivity contribution in [2.75, 3.05) is 6.54 Å². The Kier molecular flexibility index (Phi) is 8.27. The summed E-state index contributed by atoms with van der Waals surface area (Å²) in [7, 11) is -4.15. The molecule has 0 spiro atoms. The second kappa shape index (κ2) is 8.38. The van der Waals surface area contributed by atoms with E-state index < -0.39 is 32.6 Å². The van der Waals surface area contributed by atoms with Crippen molar-refractivity contribution in [2.45, 2.75) is 31.2 Å². The second-order valence-electron chi connectivity index (χ2n) is 4.88. The summed E-state index contributed by atoms with van der Waals surface area (Å²) in [4.78, 5) is -0.722. The van der Waals surface area contributed by atoms with Crippen LogP contribution < -0.4 is 10.5 Å². The van der Waals surface area contributed by atoms with Crippen molar-refractivity contribution in [1.29, 1.82) is 0 Å². The molecule has 1 aromatic carbocycles. The first-order chi connectivity index (χ1) is 9.17. The van der Waals surface area contributed by atoms with Crippen LogP contribution in [0.2, 0.25) is 0 Å². The largest absolute Gasteiger partial charge is 0.329 e. The molecule has 1 aromatic rings. The molecule has 0 radical (unpaired) electrons. The van der Waals surface area contributed by atoms with E-state index in [2.05, 4.69) is 20.7 Å². The molecular formula is C12H18BrClF2N2O2S. The highest BCUT2D eigenvalue weighted by Crippen LogP contribution is 2.23. The van der Waals surface area contributed by atoms with E-state index in [0.29, 0.717) is 12.5 Å². The van der Waals surface area contributed by atoms with E-state index in [9.17, 15) is 17.2 Å². The maximum absolute atomic E-state index is 13.7. The average molecular weight is 408 g/mol. The molecule has 0 saturated heterocycles. The number of hydrogen-bond donors (Lipinski definition) is 2. The van der Waals surface area contributed by atoms with E-state index in [1.165, 1.54) is 0 Å². The van der Waals surface area contributed by atoms with Crippen LogP contribution in [0.3, 0.4) is 0 Å². The Hall–Kier alpha value is -0.280. The van der Waals surface area contributed by atoms with Gasteiger partial charge in [0.2, 0.25) is 10.0 Å². The van der Waals surface area contributed by atoms with Crippen LogP contribution in [0.1, 0.15) is 20.3 Å². The number of halogens is 4. The summed E-state index contributed by atoms with van der Waals surface area (Å²) in [5.74, 6) is -1.65. The summed E-state index contributed by atoms with van der Waals surface area (Å²) in [6.07, 6.45) is 0.510. The number of rotatable bonds is 6. The lowest BCUT2D eigenvalue weighted by Crippen LogP contribution is -2.41. The second-order valence-corrected chi connectivity index (χ2v) is 7.42. The molecule has 0 amide bonds. The molecule has 21 heavy (non-hydrogen) atoms. The van der Waals surface area contributed by atoms with Gasteiger partial charge in [0.15, 0.2) is 0 Å². The van der Waals surface area contributed by atoms with E-state index in [-0.39, 0.29) is 29.3 Å². The van der Waals surface area contributed by atoms with Crippen molar-refractivity contribution in [3.8, 4) is 0 Å². The smallest absolute Gasteiger partial charge is 0.243 e. The first kappa shape index (κ1) is 20.7. The SMILES string of the molecule is CC(C)CC(CN)NS(=O)(=O)c1cc(F)c(Br)cc1F.Cl. The van der Waals surface area contributed by atoms with Crippen LogP contribution in [0.5, 0.6) is 0 Å². The van der Waals surface area contributed by atoms with Gasteiger partial charge in [0.1, 0.15) is 16.5 Å². The predicted molar refractivity (Wildman–Crippen MR) is 83.9 cm³/mol. The Morgan fingerprint density at radius 1 is 1.29 bits per heavy atom. The third-order valence-corrected chi connectivity index (χ3v) is 4.77. The van der Waals surface area contributed by atoms with Gasteiger partial charge in [-0.15, -0.1) is 12.4 Å². The zero-order valence-electron chi connectivity index (χ0n) is 11.6. The van der Waals surface area contributed by atoms with Crippen molar-refractivity contribution in [2.24, 2.45) is 11.7 Å². The minimum Gasteiger partial charge on any atom is -0.329 e. The fourth-order valence-electron chi connectivity index (χ4n) is 1.75. The van der Waals surface area contributed by atoms with E-state index in [1.54, 1.807) is 0 Å². The molecule has 4 nitrogen and oxygen atoms in total. The topological polar surface area (TPSA) is 72.2 Å². The normalized spacial score (nSPS) is 13.1. The number of benzene rings is 1. The summed E-state index contributed by atoms with van der Waals surface area (Å²) in [6, 6.07) is 0.903. The Morgan fingerprint density at radius 2 is 1.86 bits per heavy atom. The van der Waals surface area contributed by atoms with Crippen LogP contribution in [0.4, 0.5) is 8.78 Å². The molecule has 0 heterocycles. The van der Waals surface area contributed by atoms with Gasteiger partial charge in [-0.3, -0.25) is 0 Å². The highest BCUT2D eigenvalue weighted by atomic mass is 79.9. The summed E-state index contributed by atoms with van der Waals surface area (Å²) < 4.78 is 53.4. The van der Waals surface area contributed by atoms with Gasteiger partial charge in [-0.25, -0.2) is 21.9 Å². The molecule has 1 atom stereocenters. The zero-order chi connectivity index (χ0) is 15.5. The zero-order valence-corrected chi connectivity index (χ0v) is 14.8. The summed E-state index contributed by atoms with van der Waals surface area (Å²) >= 11 is 2.79. The molecule has 1 unspecified atom stereocenters. The molecule has 0 fully saturated rings. The van der Waals surface area contributed by atoms with Crippen molar-refractivity contribution >= 4 is 38.4 Å². The Bertz CT molecular complexity index is 585. The molecule has 0 aliphatic heterocycles. The average Bonchev–Trinajstić information content (AvgIpc) is 2.31. The van der Waals surface area contributed by atoms with Gasteiger partial charge in [0.05, 0.1) is 4.47 Å². The molecule has 0 bridgehead atoms. The van der Waals surface area contributed by atoms with Crippen LogP contribution in [0, 0.1) is 17.6 Å². The fourth-order valence-corrected chi connectivity index (χ4v) is 3.40. The monoisotopic (exact) mass is 406 g/mol. The molecule has 0 saturated carbocycles. The maximum atomic E-state index is 13.7. The van der Waals surface area contributed by atoms with Gasteiger partial charge in [0, 0.05) is 12.6 Å². The molecule has 0 aliphatic rings. The summed E-state index contributed by atoms with van der Waals surface area (Å²) in [5, 5.41) is 0. The third-order valence-electron chi connectivity index (χ3n) is 2.63. The highest BCUT2D eigenvalue weighted by Gasteiger charge is 2.24. The van der Waals surface area contributed by atoms with Crippen LogP contribution in [-0.4, -0.2) is 21.0 Å². The Labute approximate surface area is 138 Å². The van der Waals surface area contributed by atoms with Crippen LogP contribution in [0.15, 0.2) is 21.5 Å². The first-order valence-electron chi connectivity index (χ1n) is 6.04. The molecule has 0 aromatic heterocycles. The van der Waals surface area contributed by atoms with Crippen LogP contribution in [0.25, 0.3) is 0 Å². The van der Waals surface area contributed by atoms with Gasteiger partial charge in [-0.1, -0.05) is 13.8 Å².